The van der Waals surface area contributed by atoms with E-state index in [0.29, 0.717) is 60.3 Å². The van der Waals surface area contributed by atoms with Gasteiger partial charge in [0.25, 0.3) is 5.91 Å². The van der Waals surface area contributed by atoms with Crippen molar-refractivity contribution in [2.24, 2.45) is 5.92 Å². The third-order valence-corrected chi connectivity index (χ3v) is 7.22. The van der Waals surface area contributed by atoms with Crippen molar-refractivity contribution < 1.29 is 23.5 Å². The van der Waals surface area contributed by atoms with Crippen molar-refractivity contribution in [1.82, 2.24) is 20.6 Å². The van der Waals surface area contributed by atoms with Gasteiger partial charge >= 0.3 is 0 Å². The van der Waals surface area contributed by atoms with Crippen LogP contribution in [0.25, 0.3) is 11.3 Å². The van der Waals surface area contributed by atoms with Gasteiger partial charge in [0.2, 0.25) is 0 Å². The molecular formula is C28H32FN5O4. The van der Waals surface area contributed by atoms with E-state index < -0.39 is 5.82 Å². The van der Waals surface area contributed by atoms with Crippen LogP contribution in [-0.2, 0) is 4.79 Å². The van der Waals surface area contributed by atoms with Gasteiger partial charge in [-0.2, -0.15) is 0 Å². The predicted molar refractivity (Wildman–Crippen MR) is 142 cm³/mol. The van der Waals surface area contributed by atoms with Crippen molar-refractivity contribution in [3.05, 3.63) is 53.7 Å². The second-order valence-corrected chi connectivity index (χ2v) is 9.64. The molecule has 2 aliphatic heterocycles. The Balaban J connectivity index is 1.59. The van der Waals surface area contributed by atoms with Crippen LogP contribution in [0.3, 0.4) is 0 Å². The molecule has 9 nitrogen and oxygen atoms in total. The number of pyridine rings is 1. The number of carbonyl (C=O) groups is 2. The third kappa shape index (κ3) is 5.22. The van der Waals surface area contributed by atoms with E-state index in [9.17, 15) is 14.0 Å². The molecule has 2 aliphatic rings. The summed E-state index contributed by atoms with van der Waals surface area (Å²) in [7, 11) is 1.40. The standard InChI is InChI=1S/C28H32FN5O4/c1-37-27-20(29)5-2-6-21(27)33-26-23-24(18(4-3-13-35)14-32-28(23)36)34-25(26)19-9-12-31-15-22(19)38-16-17-7-10-30-11-8-17/h2,5-6,9,12-13,15,17-18,30,33-34H,3-4,7-8,10-11,14,16H2,1H3,(H,32,36). The van der Waals surface area contributed by atoms with Gasteiger partial charge in [0.05, 0.1) is 42.5 Å². The maximum Gasteiger partial charge on any atom is 0.255 e. The largest absolute Gasteiger partial charge is 0.492 e. The van der Waals surface area contributed by atoms with E-state index in [1.54, 1.807) is 24.5 Å². The van der Waals surface area contributed by atoms with Crippen molar-refractivity contribution in [3.8, 4) is 22.8 Å². The zero-order valence-corrected chi connectivity index (χ0v) is 21.3. The summed E-state index contributed by atoms with van der Waals surface area (Å²) >= 11 is 0. The van der Waals surface area contributed by atoms with Crippen molar-refractivity contribution in [2.75, 3.05) is 38.7 Å². The van der Waals surface area contributed by atoms with Crippen molar-refractivity contribution in [2.45, 2.75) is 31.6 Å². The number of halogens is 1. The lowest BCUT2D eigenvalue weighted by atomic mass is 9.92. The number of piperidine rings is 1. The van der Waals surface area contributed by atoms with Gasteiger partial charge in [-0.1, -0.05) is 6.07 Å². The lowest BCUT2D eigenvalue weighted by Gasteiger charge is -2.23. The summed E-state index contributed by atoms with van der Waals surface area (Å²) in [6.07, 6.45) is 7.25. The molecular weight excluding hydrogens is 489 g/mol. The quantitative estimate of drug-likeness (QED) is 0.296. The minimum absolute atomic E-state index is 0.0410. The molecule has 0 bridgehead atoms. The summed E-state index contributed by atoms with van der Waals surface area (Å²) in [4.78, 5) is 32.1. The lowest BCUT2D eigenvalue weighted by molar-refractivity contribution is -0.108. The third-order valence-electron chi connectivity index (χ3n) is 7.22. The molecule has 38 heavy (non-hydrogen) atoms. The molecule has 0 saturated carbocycles. The van der Waals surface area contributed by atoms with Crippen LogP contribution in [0.1, 0.15) is 47.7 Å². The average molecular weight is 522 g/mol. The van der Waals surface area contributed by atoms with E-state index in [-0.39, 0.29) is 17.6 Å². The van der Waals surface area contributed by atoms with Gasteiger partial charge in [-0.3, -0.25) is 9.78 Å². The van der Waals surface area contributed by atoms with Crippen LogP contribution in [0.4, 0.5) is 15.8 Å². The molecule has 2 aromatic heterocycles. The second kappa shape index (κ2) is 11.6. The molecule has 5 rings (SSSR count). The fourth-order valence-corrected chi connectivity index (χ4v) is 5.22. The maximum absolute atomic E-state index is 14.5. The van der Waals surface area contributed by atoms with Crippen LogP contribution >= 0.6 is 0 Å². The maximum atomic E-state index is 14.5. The average Bonchev–Trinajstić information content (AvgIpc) is 3.32. The number of nitrogens with zero attached hydrogens (tertiary/aromatic N) is 1. The number of para-hydroxylation sites is 1. The summed E-state index contributed by atoms with van der Waals surface area (Å²) < 4.78 is 26.1. The first kappa shape index (κ1) is 25.7. The number of methoxy groups -OCH3 is 1. The molecule has 10 heteroatoms. The zero-order valence-electron chi connectivity index (χ0n) is 21.3. The van der Waals surface area contributed by atoms with Gasteiger partial charge < -0.3 is 35.2 Å². The van der Waals surface area contributed by atoms with Crippen LogP contribution < -0.4 is 25.4 Å². The Labute approximate surface area is 220 Å². The van der Waals surface area contributed by atoms with E-state index in [2.05, 4.69) is 25.9 Å². The van der Waals surface area contributed by atoms with E-state index in [0.717, 1.165) is 43.5 Å². The molecule has 1 saturated heterocycles. The molecule has 0 spiro atoms. The number of carbonyl (C=O) groups excluding carboxylic acids is 2. The van der Waals surface area contributed by atoms with E-state index >= 15 is 0 Å². The molecule has 200 valence electrons. The highest BCUT2D eigenvalue weighted by Gasteiger charge is 2.33. The Kier molecular flexibility index (Phi) is 7.88. The Morgan fingerprint density at radius 3 is 2.87 bits per heavy atom. The van der Waals surface area contributed by atoms with Gasteiger partial charge in [-0.15, -0.1) is 0 Å². The number of H-pyrrole nitrogens is 1. The number of benzene rings is 1. The van der Waals surface area contributed by atoms with Gasteiger partial charge in [-0.05, 0) is 56.5 Å². The number of anilines is 2. The minimum Gasteiger partial charge on any atom is -0.492 e. The summed E-state index contributed by atoms with van der Waals surface area (Å²) in [6.45, 7) is 2.91. The number of ether oxygens (including phenoxy) is 2. The lowest BCUT2D eigenvalue weighted by Crippen LogP contribution is -2.35. The van der Waals surface area contributed by atoms with Crippen LogP contribution in [-0.4, -0.2) is 55.5 Å². The zero-order chi connectivity index (χ0) is 26.5. The smallest absolute Gasteiger partial charge is 0.255 e. The summed E-state index contributed by atoms with van der Waals surface area (Å²) in [5, 5.41) is 9.58. The molecule has 1 fully saturated rings. The van der Waals surface area contributed by atoms with Crippen LogP contribution in [0.5, 0.6) is 11.5 Å². The number of hydrogen-bond donors (Lipinski definition) is 4. The van der Waals surface area contributed by atoms with Crippen LogP contribution in [0.2, 0.25) is 0 Å². The highest BCUT2D eigenvalue weighted by molar-refractivity contribution is 6.07. The number of fused-ring (bicyclic) bond motifs is 1. The summed E-state index contributed by atoms with van der Waals surface area (Å²) in [6, 6.07) is 6.42. The Hall–Kier alpha value is -3.92. The Morgan fingerprint density at radius 1 is 1.24 bits per heavy atom. The normalized spacial score (nSPS) is 17.4. The van der Waals surface area contributed by atoms with Gasteiger partial charge in [0.1, 0.15) is 12.0 Å². The molecule has 1 atom stereocenters. The van der Waals surface area contributed by atoms with Gasteiger partial charge in [-0.25, -0.2) is 4.39 Å². The molecule has 4 heterocycles. The topological polar surface area (TPSA) is 117 Å². The number of aromatic nitrogens is 2. The molecule has 1 unspecified atom stereocenters. The van der Waals surface area contributed by atoms with Crippen LogP contribution in [0, 0.1) is 11.7 Å². The monoisotopic (exact) mass is 521 g/mol. The molecule has 4 N–H and O–H groups in total. The predicted octanol–water partition coefficient (Wildman–Crippen LogP) is 4.15. The Bertz CT molecular complexity index is 1300. The first-order valence-corrected chi connectivity index (χ1v) is 13.0. The summed E-state index contributed by atoms with van der Waals surface area (Å²) in [5.41, 5.74) is 3.36. The van der Waals surface area contributed by atoms with Crippen LogP contribution in [0.15, 0.2) is 36.7 Å². The number of aromatic amines is 1. The summed E-state index contributed by atoms with van der Waals surface area (Å²) in [5.74, 6) is 0.204. The number of hydrogen-bond acceptors (Lipinski definition) is 7. The number of nitrogens with one attached hydrogen (secondary N) is 4. The SMILES string of the molecule is COc1c(F)cccc1Nc1c(-c2ccncc2OCC2CCNCC2)[nH]c2c1C(=O)NCC2CCC=O. The first-order valence-electron chi connectivity index (χ1n) is 13.0. The number of amides is 1. The highest BCUT2D eigenvalue weighted by atomic mass is 19.1. The van der Waals surface area contributed by atoms with Crippen molar-refractivity contribution in [3.63, 3.8) is 0 Å². The van der Waals surface area contributed by atoms with Gasteiger partial charge in [0.15, 0.2) is 11.6 Å². The Morgan fingerprint density at radius 2 is 2.08 bits per heavy atom. The number of aldehydes is 1. The van der Waals surface area contributed by atoms with E-state index in [1.165, 1.54) is 13.2 Å². The van der Waals surface area contributed by atoms with Crippen molar-refractivity contribution in [1.29, 1.82) is 0 Å². The molecule has 1 aromatic carbocycles. The minimum atomic E-state index is -0.522. The van der Waals surface area contributed by atoms with E-state index in [1.807, 2.05) is 6.07 Å². The molecule has 1 amide bonds. The molecule has 0 aliphatic carbocycles. The molecule has 3 aromatic rings. The highest BCUT2D eigenvalue weighted by Crippen LogP contribution is 2.44. The molecule has 0 radical (unpaired) electrons. The second-order valence-electron chi connectivity index (χ2n) is 9.64. The fraction of sp³-hybridized carbons (Fsp3) is 0.393. The van der Waals surface area contributed by atoms with E-state index in [4.69, 9.17) is 9.47 Å². The first-order chi connectivity index (χ1) is 18.6. The fourth-order valence-electron chi connectivity index (χ4n) is 5.22. The van der Waals surface area contributed by atoms with Crippen molar-refractivity contribution >= 4 is 23.6 Å². The van der Waals surface area contributed by atoms with Gasteiger partial charge in [0, 0.05) is 36.3 Å². The number of rotatable bonds is 10.